The van der Waals surface area contributed by atoms with Crippen LogP contribution < -0.4 is 4.74 Å². The van der Waals surface area contributed by atoms with Gasteiger partial charge in [0.1, 0.15) is 11.9 Å². The minimum absolute atomic E-state index is 0.00755. The Morgan fingerprint density at radius 1 is 1.14 bits per heavy atom. The highest BCUT2D eigenvalue weighted by molar-refractivity contribution is 5.89. The molecule has 1 aliphatic rings. The molecule has 22 heavy (non-hydrogen) atoms. The molecule has 122 valence electrons. The number of methoxy groups -OCH3 is 1. The molecule has 4 nitrogen and oxygen atoms in total. The fraction of sp³-hybridized carbons (Fsp3) is 0.611. The van der Waals surface area contributed by atoms with Gasteiger partial charge in [0.2, 0.25) is 0 Å². The van der Waals surface area contributed by atoms with Crippen molar-refractivity contribution >= 4 is 5.97 Å². The highest BCUT2D eigenvalue weighted by atomic mass is 17.2. The van der Waals surface area contributed by atoms with Crippen LogP contribution in [0.2, 0.25) is 0 Å². The van der Waals surface area contributed by atoms with E-state index in [9.17, 15) is 4.79 Å². The van der Waals surface area contributed by atoms with E-state index in [0.717, 1.165) is 25.7 Å². The zero-order valence-corrected chi connectivity index (χ0v) is 13.9. The minimum atomic E-state index is -0.475. The van der Waals surface area contributed by atoms with Gasteiger partial charge in [-0.3, -0.25) is 4.89 Å². The van der Waals surface area contributed by atoms with Crippen molar-refractivity contribution in [2.24, 2.45) is 11.3 Å². The largest absolute Gasteiger partial charge is 0.497 e. The Hall–Kier alpha value is -1.55. The molecule has 0 radical (unpaired) electrons. The lowest BCUT2D eigenvalue weighted by molar-refractivity contribution is -0.281. The van der Waals surface area contributed by atoms with Crippen molar-refractivity contribution < 1.29 is 19.3 Å². The number of ether oxygens (including phenoxy) is 1. The van der Waals surface area contributed by atoms with Gasteiger partial charge in [0.25, 0.3) is 0 Å². The zero-order chi connectivity index (χ0) is 16.2. The van der Waals surface area contributed by atoms with E-state index in [1.165, 1.54) is 0 Å². The Labute approximate surface area is 132 Å². The van der Waals surface area contributed by atoms with Crippen LogP contribution in [0.1, 0.15) is 56.8 Å². The Balaban J connectivity index is 1.80. The summed E-state index contributed by atoms with van der Waals surface area (Å²) >= 11 is 0. The molecule has 1 aliphatic carbocycles. The number of hydrogen-bond donors (Lipinski definition) is 0. The summed E-state index contributed by atoms with van der Waals surface area (Å²) in [6, 6.07) is 6.86. The number of hydrogen-bond acceptors (Lipinski definition) is 4. The molecule has 1 aromatic rings. The van der Waals surface area contributed by atoms with Crippen molar-refractivity contribution in [1.82, 2.24) is 0 Å². The van der Waals surface area contributed by atoms with Crippen molar-refractivity contribution in [2.75, 3.05) is 7.11 Å². The van der Waals surface area contributed by atoms with Crippen LogP contribution in [0.5, 0.6) is 5.75 Å². The van der Waals surface area contributed by atoms with Crippen molar-refractivity contribution in [3.63, 3.8) is 0 Å². The smallest absolute Gasteiger partial charge is 0.373 e. The number of rotatable bonds is 4. The maximum Gasteiger partial charge on any atom is 0.373 e. The first-order valence-electron chi connectivity index (χ1n) is 7.92. The second-order valence-corrected chi connectivity index (χ2v) is 7.04. The monoisotopic (exact) mass is 306 g/mol. The van der Waals surface area contributed by atoms with Crippen molar-refractivity contribution in [3.05, 3.63) is 29.8 Å². The maximum atomic E-state index is 12.0. The van der Waals surface area contributed by atoms with Gasteiger partial charge in [-0.15, -0.1) is 0 Å². The van der Waals surface area contributed by atoms with E-state index < -0.39 is 5.97 Å². The molecule has 0 N–H and O–H groups in total. The van der Waals surface area contributed by atoms with Gasteiger partial charge < -0.3 is 4.74 Å². The average molecular weight is 306 g/mol. The van der Waals surface area contributed by atoms with Crippen LogP contribution >= 0.6 is 0 Å². The molecule has 0 heterocycles. The Morgan fingerprint density at radius 3 is 2.41 bits per heavy atom. The molecule has 1 aromatic carbocycles. The summed E-state index contributed by atoms with van der Waals surface area (Å²) in [7, 11) is 1.56. The molecular weight excluding hydrogens is 280 g/mol. The lowest BCUT2D eigenvalue weighted by Crippen LogP contribution is -2.29. The third-order valence-corrected chi connectivity index (χ3v) is 4.46. The van der Waals surface area contributed by atoms with Crippen LogP contribution in [-0.4, -0.2) is 19.2 Å². The lowest BCUT2D eigenvalue weighted by atomic mass is 9.72. The molecule has 0 aliphatic heterocycles. The number of benzene rings is 1. The zero-order valence-electron chi connectivity index (χ0n) is 13.9. The van der Waals surface area contributed by atoms with Gasteiger partial charge in [0.15, 0.2) is 0 Å². The Bertz CT molecular complexity index is 496. The first-order valence-corrected chi connectivity index (χ1v) is 7.92. The van der Waals surface area contributed by atoms with E-state index in [4.69, 9.17) is 14.5 Å². The number of carbonyl (C=O) groups is 1. The standard InChI is InChI=1S/C18H26O4/c1-18(2,3)14-8-10-15(11-9-14)21-22-17(19)13-6-5-7-16(12-13)20-4/h5-7,12,14-15H,8-11H2,1-4H3. The SMILES string of the molecule is COc1cccc(C(=O)OOC2CCC(C(C)(C)C)CC2)c1. The van der Waals surface area contributed by atoms with Crippen molar-refractivity contribution in [3.8, 4) is 5.75 Å². The summed E-state index contributed by atoms with van der Waals surface area (Å²) in [6.07, 6.45) is 4.12. The summed E-state index contributed by atoms with van der Waals surface area (Å²) in [4.78, 5) is 22.3. The molecule has 0 spiro atoms. The molecule has 0 unspecified atom stereocenters. The summed E-state index contributed by atoms with van der Waals surface area (Å²) in [6.45, 7) is 6.84. The van der Waals surface area contributed by atoms with E-state index in [-0.39, 0.29) is 6.10 Å². The predicted octanol–water partition coefficient (Wildman–Crippen LogP) is 4.39. The third-order valence-electron chi connectivity index (χ3n) is 4.46. The van der Waals surface area contributed by atoms with Crippen LogP contribution in [-0.2, 0) is 9.78 Å². The van der Waals surface area contributed by atoms with Gasteiger partial charge >= 0.3 is 5.97 Å². The van der Waals surface area contributed by atoms with Crippen LogP contribution in [0.3, 0.4) is 0 Å². The number of carbonyl (C=O) groups excluding carboxylic acids is 1. The summed E-state index contributed by atoms with van der Waals surface area (Å²) < 4.78 is 5.09. The first-order chi connectivity index (χ1) is 10.4. The minimum Gasteiger partial charge on any atom is -0.497 e. The van der Waals surface area contributed by atoms with E-state index in [1.807, 2.05) is 0 Å². The summed E-state index contributed by atoms with van der Waals surface area (Å²) in [5.41, 5.74) is 0.769. The maximum absolute atomic E-state index is 12.0. The normalized spacial score (nSPS) is 22.2. The fourth-order valence-corrected chi connectivity index (χ4v) is 2.93. The molecule has 0 saturated heterocycles. The Kier molecular flexibility index (Phi) is 5.46. The van der Waals surface area contributed by atoms with Gasteiger partial charge in [0, 0.05) is 0 Å². The second-order valence-electron chi connectivity index (χ2n) is 7.04. The van der Waals surface area contributed by atoms with Gasteiger partial charge in [-0.05, 0) is 55.2 Å². The van der Waals surface area contributed by atoms with Crippen LogP contribution in [0.15, 0.2) is 24.3 Å². The van der Waals surface area contributed by atoms with Crippen LogP contribution in [0.4, 0.5) is 0 Å². The van der Waals surface area contributed by atoms with Crippen molar-refractivity contribution in [1.29, 1.82) is 0 Å². The van der Waals surface area contributed by atoms with E-state index in [2.05, 4.69) is 20.8 Å². The van der Waals surface area contributed by atoms with Gasteiger partial charge in [0.05, 0.1) is 12.7 Å². The average Bonchev–Trinajstić information content (AvgIpc) is 2.52. The molecule has 0 amide bonds. The summed E-state index contributed by atoms with van der Waals surface area (Å²) in [5, 5.41) is 0. The van der Waals surface area contributed by atoms with Gasteiger partial charge in [-0.25, -0.2) is 4.79 Å². The predicted molar refractivity (Wildman–Crippen MR) is 84.7 cm³/mol. The molecule has 1 fully saturated rings. The molecule has 4 heteroatoms. The molecular formula is C18H26O4. The van der Waals surface area contributed by atoms with E-state index >= 15 is 0 Å². The second kappa shape index (κ2) is 7.14. The molecule has 0 aromatic heterocycles. The quantitative estimate of drug-likeness (QED) is 0.611. The molecule has 2 rings (SSSR count). The van der Waals surface area contributed by atoms with E-state index in [1.54, 1.807) is 31.4 Å². The van der Waals surface area contributed by atoms with Gasteiger partial charge in [-0.1, -0.05) is 26.8 Å². The summed E-state index contributed by atoms with van der Waals surface area (Å²) in [5.74, 6) is 0.860. The highest BCUT2D eigenvalue weighted by Gasteiger charge is 2.31. The van der Waals surface area contributed by atoms with Crippen LogP contribution in [0, 0.1) is 11.3 Å². The first kappa shape index (κ1) is 16.8. The highest BCUT2D eigenvalue weighted by Crippen LogP contribution is 2.38. The van der Waals surface area contributed by atoms with Gasteiger partial charge in [-0.2, -0.15) is 4.89 Å². The van der Waals surface area contributed by atoms with Crippen molar-refractivity contribution in [2.45, 2.75) is 52.6 Å². The Morgan fingerprint density at radius 2 is 1.82 bits per heavy atom. The molecule has 0 bridgehead atoms. The van der Waals surface area contributed by atoms with Crippen LogP contribution in [0.25, 0.3) is 0 Å². The van der Waals surface area contributed by atoms with E-state index in [0.29, 0.717) is 22.6 Å². The molecule has 1 saturated carbocycles. The topological polar surface area (TPSA) is 44.8 Å². The lowest BCUT2D eigenvalue weighted by Gasteiger charge is -2.36. The third kappa shape index (κ3) is 4.47. The molecule has 0 atom stereocenters. The fourth-order valence-electron chi connectivity index (χ4n) is 2.93.